The van der Waals surface area contributed by atoms with E-state index in [1.807, 2.05) is 0 Å². The number of piperidine rings is 1. The highest BCUT2D eigenvalue weighted by Gasteiger charge is 2.18. The van der Waals surface area contributed by atoms with Crippen LogP contribution in [-0.4, -0.2) is 41.9 Å². The van der Waals surface area contributed by atoms with Crippen molar-refractivity contribution < 1.29 is 9.84 Å². The van der Waals surface area contributed by atoms with Crippen molar-refractivity contribution in [3.63, 3.8) is 0 Å². The van der Waals surface area contributed by atoms with Crippen LogP contribution in [0.15, 0.2) is 36.5 Å². The molecule has 2 heterocycles. The normalized spacial score (nSPS) is 15.3. The van der Waals surface area contributed by atoms with Gasteiger partial charge >= 0.3 is 0 Å². The van der Waals surface area contributed by atoms with Gasteiger partial charge in [-0.2, -0.15) is 4.98 Å². The fourth-order valence-electron chi connectivity index (χ4n) is 2.92. The van der Waals surface area contributed by atoms with Crippen LogP contribution in [-0.2, 0) is 6.54 Å². The van der Waals surface area contributed by atoms with Crippen molar-refractivity contribution in [1.29, 1.82) is 0 Å². The van der Waals surface area contributed by atoms with Crippen molar-refractivity contribution in [3.05, 3.63) is 42.1 Å². The smallest absolute Gasteiger partial charge is 0.226 e. The van der Waals surface area contributed by atoms with E-state index >= 15 is 0 Å². The minimum Gasteiger partial charge on any atom is -0.481 e. The van der Waals surface area contributed by atoms with Gasteiger partial charge in [-0.05, 0) is 36.5 Å². The van der Waals surface area contributed by atoms with Crippen molar-refractivity contribution in [2.45, 2.75) is 19.4 Å². The third kappa shape index (κ3) is 4.14. The molecule has 0 unspecified atom stereocenters. The van der Waals surface area contributed by atoms with Gasteiger partial charge in [0.25, 0.3) is 0 Å². The molecule has 6 nitrogen and oxygen atoms in total. The highest BCUT2D eigenvalue weighted by atomic mass is 16.5. The Balaban J connectivity index is 1.54. The Labute approximate surface area is 142 Å². The van der Waals surface area contributed by atoms with Crippen LogP contribution in [0.4, 0.5) is 11.6 Å². The zero-order valence-corrected chi connectivity index (χ0v) is 14.0. The Morgan fingerprint density at radius 1 is 1.21 bits per heavy atom. The molecule has 0 radical (unpaired) electrons. The molecule has 2 N–H and O–H groups in total. The van der Waals surface area contributed by atoms with E-state index in [4.69, 9.17) is 4.74 Å². The zero-order chi connectivity index (χ0) is 16.8. The fourth-order valence-corrected chi connectivity index (χ4v) is 2.92. The summed E-state index contributed by atoms with van der Waals surface area (Å²) in [4.78, 5) is 10.8. The number of hydrogen-bond acceptors (Lipinski definition) is 6. The first-order chi connectivity index (χ1) is 11.8. The lowest BCUT2D eigenvalue weighted by Crippen LogP contribution is -2.34. The van der Waals surface area contributed by atoms with Crippen molar-refractivity contribution in [2.75, 3.05) is 37.0 Å². The van der Waals surface area contributed by atoms with Crippen molar-refractivity contribution in [3.8, 4) is 5.88 Å². The summed E-state index contributed by atoms with van der Waals surface area (Å²) in [5.74, 6) is 1.58. The van der Waals surface area contributed by atoms with Gasteiger partial charge in [0.15, 0.2) is 0 Å². The van der Waals surface area contributed by atoms with E-state index in [9.17, 15) is 5.11 Å². The van der Waals surface area contributed by atoms with Crippen LogP contribution in [0, 0.1) is 5.92 Å². The molecule has 0 bridgehead atoms. The average Bonchev–Trinajstić information content (AvgIpc) is 2.67. The first-order valence-electron chi connectivity index (χ1n) is 8.34. The molecule has 0 amide bonds. The zero-order valence-electron chi connectivity index (χ0n) is 14.0. The minimum absolute atomic E-state index is 0.310. The first kappa shape index (κ1) is 16.5. The van der Waals surface area contributed by atoms with Crippen LogP contribution < -0.4 is 15.0 Å². The molecule has 6 heteroatoms. The minimum atomic E-state index is 0.310. The third-order valence-electron chi connectivity index (χ3n) is 4.46. The molecule has 2 aromatic rings. The Kier molecular flexibility index (Phi) is 5.48. The van der Waals surface area contributed by atoms with Gasteiger partial charge < -0.3 is 20.1 Å². The van der Waals surface area contributed by atoms with E-state index in [0.717, 1.165) is 25.9 Å². The maximum atomic E-state index is 9.23. The van der Waals surface area contributed by atoms with E-state index in [2.05, 4.69) is 44.5 Å². The van der Waals surface area contributed by atoms with Gasteiger partial charge in [0.05, 0.1) is 7.11 Å². The Hall–Kier alpha value is -2.34. The summed E-state index contributed by atoms with van der Waals surface area (Å²) >= 11 is 0. The number of rotatable bonds is 6. The second kappa shape index (κ2) is 7.97. The summed E-state index contributed by atoms with van der Waals surface area (Å²) in [6.07, 6.45) is 3.80. The van der Waals surface area contributed by atoms with Gasteiger partial charge in [0.1, 0.15) is 0 Å². The number of nitrogens with one attached hydrogen (secondary N) is 1. The Morgan fingerprint density at radius 2 is 1.96 bits per heavy atom. The van der Waals surface area contributed by atoms with E-state index in [0.29, 0.717) is 30.9 Å². The number of methoxy groups -OCH3 is 1. The van der Waals surface area contributed by atoms with Gasteiger partial charge in [-0.1, -0.05) is 12.1 Å². The van der Waals surface area contributed by atoms with E-state index < -0.39 is 0 Å². The summed E-state index contributed by atoms with van der Waals surface area (Å²) in [7, 11) is 1.59. The molecule has 1 aliphatic rings. The van der Waals surface area contributed by atoms with Crippen LogP contribution in [0.5, 0.6) is 5.88 Å². The molecule has 24 heavy (non-hydrogen) atoms. The highest BCUT2D eigenvalue weighted by molar-refractivity contribution is 5.48. The average molecular weight is 328 g/mol. The standard InChI is InChI=1S/C18H24N4O2/c1-24-17-6-9-19-18(21-17)20-12-14-2-4-16(5-3-14)22-10-7-15(13-23)8-11-22/h2-6,9,15,23H,7-8,10-13H2,1H3,(H,19,20,21). The van der Waals surface area contributed by atoms with Crippen LogP contribution in [0.1, 0.15) is 18.4 Å². The predicted molar refractivity (Wildman–Crippen MR) is 94.4 cm³/mol. The molecular weight excluding hydrogens is 304 g/mol. The van der Waals surface area contributed by atoms with Gasteiger partial charge in [-0.25, -0.2) is 4.98 Å². The lowest BCUT2D eigenvalue weighted by molar-refractivity contribution is 0.203. The topological polar surface area (TPSA) is 70.5 Å². The van der Waals surface area contributed by atoms with Crippen LogP contribution >= 0.6 is 0 Å². The van der Waals surface area contributed by atoms with Gasteiger partial charge in [0, 0.05) is 44.2 Å². The molecule has 1 aliphatic heterocycles. The number of hydrogen-bond donors (Lipinski definition) is 2. The Morgan fingerprint density at radius 3 is 2.62 bits per heavy atom. The number of ether oxygens (including phenoxy) is 1. The summed E-state index contributed by atoms with van der Waals surface area (Å²) in [6.45, 7) is 3.01. The van der Waals surface area contributed by atoms with Crippen LogP contribution in [0.3, 0.4) is 0 Å². The maximum Gasteiger partial charge on any atom is 0.226 e. The van der Waals surface area contributed by atoms with E-state index in [1.54, 1.807) is 19.4 Å². The molecule has 1 fully saturated rings. The molecule has 0 spiro atoms. The number of aromatic nitrogens is 2. The molecule has 1 saturated heterocycles. The van der Waals surface area contributed by atoms with Crippen LogP contribution in [0.2, 0.25) is 0 Å². The third-order valence-corrected chi connectivity index (χ3v) is 4.46. The molecule has 1 aromatic heterocycles. The SMILES string of the molecule is COc1ccnc(NCc2ccc(N3CCC(CO)CC3)cc2)n1. The van der Waals surface area contributed by atoms with Crippen LogP contribution in [0.25, 0.3) is 0 Å². The number of benzene rings is 1. The second-order valence-corrected chi connectivity index (χ2v) is 6.06. The first-order valence-corrected chi connectivity index (χ1v) is 8.34. The summed E-state index contributed by atoms with van der Waals surface area (Å²) < 4.78 is 5.09. The molecule has 0 saturated carbocycles. The lowest BCUT2D eigenvalue weighted by Gasteiger charge is -2.33. The predicted octanol–water partition coefficient (Wildman–Crippen LogP) is 2.31. The second-order valence-electron chi connectivity index (χ2n) is 6.06. The Bertz CT molecular complexity index is 640. The fraction of sp³-hybridized carbons (Fsp3) is 0.444. The maximum absolute atomic E-state index is 9.23. The number of nitrogens with zero attached hydrogens (tertiary/aromatic N) is 3. The number of anilines is 2. The van der Waals surface area contributed by atoms with E-state index in [-0.39, 0.29) is 0 Å². The summed E-state index contributed by atoms with van der Waals surface area (Å²) in [6, 6.07) is 10.3. The molecular formula is C18H24N4O2. The van der Waals surface area contributed by atoms with Gasteiger partial charge in [0.2, 0.25) is 11.8 Å². The quantitative estimate of drug-likeness (QED) is 0.848. The monoisotopic (exact) mass is 328 g/mol. The van der Waals surface area contributed by atoms with Crippen molar-refractivity contribution >= 4 is 11.6 Å². The molecule has 1 aromatic carbocycles. The molecule has 0 aliphatic carbocycles. The largest absolute Gasteiger partial charge is 0.481 e. The lowest BCUT2D eigenvalue weighted by atomic mass is 9.97. The van der Waals surface area contributed by atoms with Gasteiger partial charge in [-0.15, -0.1) is 0 Å². The number of aliphatic hydroxyl groups is 1. The molecule has 3 rings (SSSR count). The molecule has 0 atom stereocenters. The van der Waals surface area contributed by atoms with Crippen molar-refractivity contribution in [1.82, 2.24) is 9.97 Å². The highest BCUT2D eigenvalue weighted by Crippen LogP contribution is 2.23. The van der Waals surface area contributed by atoms with E-state index in [1.165, 1.54) is 11.3 Å². The van der Waals surface area contributed by atoms with Gasteiger partial charge in [-0.3, -0.25) is 0 Å². The van der Waals surface area contributed by atoms with Crippen molar-refractivity contribution in [2.24, 2.45) is 5.92 Å². The number of aliphatic hydroxyl groups excluding tert-OH is 1. The summed E-state index contributed by atoms with van der Waals surface area (Å²) in [5.41, 5.74) is 2.42. The molecule has 128 valence electrons. The summed E-state index contributed by atoms with van der Waals surface area (Å²) in [5, 5.41) is 12.4.